The van der Waals surface area contributed by atoms with Gasteiger partial charge in [-0.3, -0.25) is 9.59 Å². The standard InChI is InChI=1S/C16H21N3O2/c1-16(2)12-9-11(17)5-6-13(12)19(15(16)21)10-14(20)18-7-3-4-8-18/h5-6,9H,3-4,7-8,10,17H2,1-2H3. The van der Waals surface area contributed by atoms with Crippen molar-refractivity contribution in [2.45, 2.75) is 32.1 Å². The Morgan fingerprint density at radius 3 is 2.62 bits per heavy atom. The van der Waals surface area contributed by atoms with Crippen molar-refractivity contribution in [2.75, 3.05) is 30.3 Å². The number of benzene rings is 1. The van der Waals surface area contributed by atoms with E-state index in [0.717, 1.165) is 37.2 Å². The molecule has 1 saturated heterocycles. The Bertz CT molecular complexity index is 604. The quantitative estimate of drug-likeness (QED) is 0.839. The van der Waals surface area contributed by atoms with Gasteiger partial charge in [-0.05, 0) is 50.5 Å². The predicted molar refractivity (Wildman–Crippen MR) is 82.0 cm³/mol. The maximum Gasteiger partial charge on any atom is 0.242 e. The number of nitrogens with zero attached hydrogens (tertiary/aromatic N) is 2. The lowest BCUT2D eigenvalue weighted by Gasteiger charge is -2.23. The molecule has 0 aliphatic carbocycles. The maximum atomic E-state index is 12.7. The Balaban J connectivity index is 1.90. The summed E-state index contributed by atoms with van der Waals surface area (Å²) in [7, 11) is 0. The molecule has 2 N–H and O–H groups in total. The van der Waals surface area contributed by atoms with Crippen molar-refractivity contribution in [1.29, 1.82) is 0 Å². The van der Waals surface area contributed by atoms with Gasteiger partial charge in [0, 0.05) is 24.5 Å². The lowest BCUT2D eigenvalue weighted by molar-refractivity contribution is -0.131. The van der Waals surface area contributed by atoms with Crippen LogP contribution in [0.1, 0.15) is 32.3 Å². The first-order valence-electron chi connectivity index (χ1n) is 7.41. The van der Waals surface area contributed by atoms with Gasteiger partial charge >= 0.3 is 0 Å². The number of hydrogen-bond donors (Lipinski definition) is 1. The third-order valence-electron chi connectivity index (χ3n) is 4.52. The molecule has 0 radical (unpaired) electrons. The van der Waals surface area contributed by atoms with Crippen molar-refractivity contribution in [3.05, 3.63) is 23.8 Å². The van der Waals surface area contributed by atoms with Gasteiger partial charge in [0.2, 0.25) is 11.8 Å². The van der Waals surface area contributed by atoms with Crippen LogP contribution in [0.5, 0.6) is 0 Å². The maximum absolute atomic E-state index is 12.7. The Morgan fingerprint density at radius 1 is 1.29 bits per heavy atom. The summed E-state index contributed by atoms with van der Waals surface area (Å²) in [5.74, 6) is -0.00280. The average Bonchev–Trinajstić information content (AvgIpc) is 3.03. The summed E-state index contributed by atoms with van der Waals surface area (Å²) in [5, 5.41) is 0. The van der Waals surface area contributed by atoms with E-state index < -0.39 is 5.41 Å². The zero-order chi connectivity index (χ0) is 15.2. The number of likely N-dealkylation sites (tertiary alicyclic amines) is 1. The smallest absolute Gasteiger partial charge is 0.242 e. The number of hydrogen-bond acceptors (Lipinski definition) is 3. The highest BCUT2D eigenvalue weighted by atomic mass is 16.2. The van der Waals surface area contributed by atoms with Crippen LogP contribution in [0.2, 0.25) is 0 Å². The molecule has 1 aromatic carbocycles. The van der Waals surface area contributed by atoms with Crippen LogP contribution in [0.25, 0.3) is 0 Å². The number of carbonyl (C=O) groups excluding carboxylic acids is 2. The molecule has 1 aromatic rings. The van der Waals surface area contributed by atoms with Gasteiger partial charge in [-0.25, -0.2) is 0 Å². The molecule has 0 aromatic heterocycles. The third-order valence-corrected chi connectivity index (χ3v) is 4.52. The fourth-order valence-electron chi connectivity index (χ4n) is 3.21. The van der Waals surface area contributed by atoms with Crippen molar-refractivity contribution in [3.63, 3.8) is 0 Å². The van der Waals surface area contributed by atoms with Crippen LogP contribution in [-0.2, 0) is 15.0 Å². The second-order valence-corrected chi connectivity index (χ2v) is 6.38. The van der Waals surface area contributed by atoms with E-state index in [1.54, 1.807) is 11.0 Å². The van der Waals surface area contributed by atoms with Gasteiger partial charge in [0.15, 0.2) is 0 Å². The number of nitrogen functional groups attached to an aromatic ring is 1. The average molecular weight is 287 g/mol. The minimum atomic E-state index is -0.629. The molecular formula is C16H21N3O2. The second kappa shape index (κ2) is 4.76. The number of rotatable bonds is 2. The molecule has 0 unspecified atom stereocenters. The number of amides is 2. The van der Waals surface area contributed by atoms with Crippen LogP contribution in [0, 0.1) is 0 Å². The number of nitrogens with two attached hydrogens (primary N) is 1. The Kier molecular flexibility index (Phi) is 3.15. The van der Waals surface area contributed by atoms with E-state index in [1.165, 1.54) is 0 Å². The molecule has 112 valence electrons. The Morgan fingerprint density at radius 2 is 1.95 bits per heavy atom. The lowest BCUT2D eigenvalue weighted by Crippen LogP contribution is -2.43. The van der Waals surface area contributed by atoms with Crippen LogP contribution < -0.4 is 10.6 Å². The van der Waals surface area contributed by atoms with E-state index >= 15 is 0 Å². The van der Waals surface area contributed by atoms with Crippen LogP contribution in [0.3, 0.4) is 0 Å². The van der Waals surface area contributed by atoms with Crippen molar-refractivity contribution in [2.24, 2.45) is 0 Å². The normalized spacial score (nSPS) is 20.0. The largest absolute Gasteiger partial charge is 0.399 e. The van der Waals surface area contributed by atoms with Crippen molar-refractivity contribution >= 4 is 23.2 Å². The molecule has 21 heavy (non-hydrogen) atoms. The molecule has 5 nitrogen and oxygen atoms in total. The summed E-state index contributed by atoms with van der Waals surface area (Å²) in [5.41, 5.74) is 7.57. The van der Waals surface area contributed by atoms with Crippen LogP contribution in [0.15, 0.2) is 18.2 Å². The van der Waals surface area contributed by atoms with Gasteiger partial charge in [-0.15, -0.1) is 0 Å². The number of anilines is 2. The molecule has 3 rings (SSSR count). The second-order valence-electron chi connectivity index (χ2n) is 6.38. The van der Waals surface area contributed by atoms with E-state index in [9.17, 15) is 9.59 Å². The minimum absolute atomic E-state index is 0.0290. The molecule has 1 fully saturated rings. The summed E-state index contributed by atoms with van der Waals surface area (Å²) >= 11 is 0. The first kappa shape index (κ1) is 13.9. The van der Waals surface area contributed by atoms with Crippen molar-refractivity contribution in [1.82, 2.24) is 4.90 Å². The fourth-order valence-corrected chi connectivity index (χ4v) is 3.21. The summed E-state index contributed by atoms with van der Waals surface area (Å²) in [6, 6.07) is 5.46. The topological polar surface area (TPSA) is 66.6 Å². The highest BCUT2D eigenvalue weighted by molar-refractivity contribution is 6.10. The first-order valence-corrected chi connectivity index (χ1v) is 7.41. The predicted octanol–water partition coefficient (Wildman–Crippen LogP) is 1.52. The van der Waals surface area contributed by atoms with Gasteiger partial charge in [-0.2, -0.15) is 0 Å². The van der Waals surface area contributed by atoms with E-state index in [4.69, 9.17) is 5.73 Å². The number of fused-ring (bicyclic) bond motifs is 1. The highest BCUT2D eigenvalue weighted by Gasteiger charge is 2.44. The monoisotopic (exact) mass is 287 g/mol. The van der Waals surface area contributed by atoms with Crippen LogP contribution in [-0.4, -0.2) is 36.3 Å². The van der Waals surface area contributed by atoms with Crippen LogP contribution >= 0.6 is 0 Å². The highest BCUT2D eigenvalue weighted by Crippen LogP contribution is 2.42. The van der Waals surface area contributed by atoms with Gasteiger partial charge in [0.25, 0.3) is 0 Å². The molecule has 2 aliphatic heterocycles. The zero-order valence-electron chi connectivity index (χ0n) is 12.6. The van der Waals surface area contributed by atoms with Gasteiger partial charge in [-0.1, -0.05) is 0 Å². The molecule has 5 heteroatoms. The van der Waals surface area contributed by atoms with Crippen molar-refractivity contribution in [3.8, 4) is 0 Å². The summed E-state index contributed by atoms with van der Waals surface area (Å²) < 4.78 is 0. The fraction of sp³-hybridized carbons (Fsp3) is 0.500. The van der Waals surface area contributed by atoms with Gasteiger partial charge < -0.3 is 15.5 Å². The van der Waals surface area contributed by atoms with E-state index in [1.807, 2.05) is 30.9 Å². The van der Waals surface area contributed by atoms with Crippen molar-refractivity contribution < 1.29 is 9.59 Å². The SMILES string of the molecule is CC1(C)C(=O)N(CC(=O)N2CCCC2)c2ccc(N)cc21. The van der Waals surface area contributed by atoms with E-state index in [-0.39, 0.29) is 18.4 Å². The number of carbonyl (C=O) groups is 2. The third kappa shape index (κ3) is 2.17. The molecular weight excluding hydrogens is 266 g/mol. The summed E-state index contributed by atoms with van der Waals surface area (Å²) in [4.78, 5) is 28.5. The van der Waals surface area contributed by atoms with E-state index in [0.29, 0.717) is 5.69 Å². The molecule has 0 spiro atoms. The van der Waals surface area contributed by atoms with E-state index in [2.05, 4.69) is 0 Å². The van der Waals surface area contributed by atoms with Gasteiger partial charge in [0.1, 0.15) is 6.54 Å². The summed E-state index contributed by atoms with van der Waals surface area (Å²) in [6.07, 6.45) is 2.11. The minimum Gasteiger partial charge on any atom is -0.399 e. The first-order chi connectivity index (χ1) is 9.91. The molecule has 2 heterocycles. The molecule has 0 atom stereocenters. The van der Waals surface area contributed by atoms with Gasteiger partial charge in [0.05, 0.1) is 5.41 Å². The Hall–Kier alpha value is -2.04. The molecule has 0 saturated carbocycles. The lowest BCUT2D eigenvalue weighted by atomic mass is 9.86. The Labute approximate surface area is 124 Å². The molecule has 2 amide bonds. The summed E-state index contributed by atoms with van der Waals surface area (Å²) in [6.45, 7) is 5.50. The zero-order valence-corrected chi connectivity index (χ0v) is 12.6. The molecule has 0 bridgehead atoms. The molecule has 2 aliphatic rings. The van der Waals surface area contributed by atoms with Crippen LogP contribution in [0.4, 0.5) is 11.4 Å².